The van der Waals surface area contributed by atoms with Gasteiger partial charge in [-0.25, -0.2) is 9.97 Å². The number of hydrogen-bond donors (Lipinski definition) is 1. The van der Waals surface area contributed by atoms with Gasteiger partial charge < -0.3 is 14.4 Å². The molecule has 1 saturated carbocycles. The molecule has 3 aromatic rings. The predicted octanol–water partition coefficient (Wildman–Crippen LogP) is 3.56. The Bertz CT molecular complexity index is 1000. The van der Waals surface area contributed by atoms with E-state index in [1.807, 2.05) is 18.2 Å². The van der Waals surface area contributed by atoms with E-state index >= 15 is 0 Å². The number of nitrogens with zero attached hydrogens (tertiary/aromatic N) is 4. The first-order chi connectivity index (χ1) is 13.5. The minimum absolute atomic E-state index is 0.0105. The Kier molecular flexibility index (Phi) is 4.01. The summed E-state index contributed by atoms with van der Waals surface area (Å²) < 4.78 is 12.0. The molecule has 2 aliphatic rings. The lowest BCUT2D eigenvalue weighted by molar-refractivity contribution is -0.00546. The van der Waals surface area contributed by atoms with Crippen LogP contribution in [-0.4, -0.2) is 51.1 Å². The molecular formula is C21H25N5O2. The van der Waals surface area contributed by atoms with Crippen molar-refractivity contribution in [2.75, 3.05) is 18.0 Å². The fourth-order valence-electron chi connectivity index (χ4n) is 3.83. The first-order valence-electron chi connectivity index (χ1n) is 9.89. The molecule has 2 fully saturated rings. The minimum Gasteiger partial charge on any atom is -0.488 e. The Labute approximate surface area is 164 Å². The van der Waals surface area contributed by atoms with Crippen molar-refractivity contribution in [1.29, 1.82) is 0 Å². The summed E-state index contributed by atoms with van der Waals surface area (Å²) in [4.78, 5) is 11.2. The molecule has 3 heterocycles. The number of fused-ring (bicyclic) bond motifs is 1. The van der Waals surface area contributed by atoms with Gasteiger partial charge in [0.05, 0.1) is 23.4 Å². The molecule has 28 heavy (non-hydrogen) atoms. The standard InChI is InChI=1S/C21H25N5O2/c1-13-10-26(11-14(2)27-13)19-9-18(22-12-23-19)20-16-8-15(28-21(3)6-7-21)4-5-17(16)24-25-20/h4-5,8-9,12-14H,6-7,10-11H2,1-3H3,(H,24,25). The van der Waals surface area contributed by atoms with Gasteiger partial charge in [0, 0.05) is 24.5 Å². The second-order valence-corrected chi connectivity index (χ2v) is 8.26. The average Bonchev–Trinajstić information content (AvgIpc) is 3.24. The maximum absolute atomic E-state index is 6.13. The molecule has 2 atom stereocenters. The van der Waals surface area contributed by atoms with Gasteiger partial charge in [0.1, 0.15) is 29.2 Å². The van der Waals surface area contributed by atoms with Crippen molar-refractivity contribution in [3.63, 3.8) is 0 Å². The Morgan fingerprint density at radius 2 is 1.93 bits per heavy atom. The van der Waals surface area contributed by atoms with E-state index < -0.39 is 0 Å². The molecular weight excluding hydrogens is 354 g/mol. The Morgan fingerprint density at radius 1 is 1.14 bits per heavy atom. The third kappa shape index (κ3) is 3.30. The highest BCUT2D eigenvalue weighted by Crippen LogP contribution is 2.40. The zero-order valence-electron chi connectivity index (χ0n) is 16.5. The molecule has 1 saturated heterocycles. The van der Waals surface area contributed by atoms with Gasteiger partial charge in [-0.1, -0.05) is 0 Å². The number of H-pyrrole nitrogens is 1. The topological polar surface area (TPSA) is 76.2 Å². The summed E-state index contributed by atoms with van der Waals surface area (Å²) in [6.07, 6.45) is 4.18. The largest absolute Gasteiger partial charge is 0.488 e. The van der Waals surface area contributed by atoms with E-state index in [0.29, 0.717) is 0 Å². The molecule has 1 aromatic carbocycles. The van der Waals surface area contributed by atoms with Gasteiger partial charge in [-0.3, -0.25) is 5.10 Å². The molecule has 2 unspecified atom stereocenters. The smallest absolute Gasteiger partial charge is 0.132 e. The summed E-state index contributed by atoms with van der Waals surface area (Å²) in [7, 11) is 0. The van der Waals surface area contributed by atoms with Crippen molar-refractivity contribution in [1.82, 2.24) is 20.2 Å². The van der Waals surface area contributed by atoms with Crippen molar-refractivity contribution in [3.8, 4) is 17.1 Å². The maximum atomic E-state index is 6.13. The van der Waals surface area contributed by atoms with Crippen molar-refractivity contribution < 1.29 is 9.47 Å². The zero-order chi connectivity index (χ0) is 19.3. The van der Waals surface area contributed by atoms with Crippen LogP contribution in [0, 0.1) is 0 Å². The Balaban J connectivity index is 1.49. The van der Waals surface area contributed by atoms with Gasteiger partial charge >= 0.3 is 0 Å². The van der Waals surface area contributed by atoms with Crippen molar-refractivity contribution in [2.45, 2.75) is 51.4 Å². The van der Waals surface area contributed by atoms with Gasteiger partial charge in [-0.2, -0.15) is 5.10 Å². The van der Waals surface area contributed by atoms with Gasteiger partial charge in [0.25, 0.3) is 0 Å². The molecule has 146 valence electrons. The highest BCUT2D eigenvalue weighted by Gasteiger charge is 2.40. The highest BCUT2D eigenvalue weighted by molar-refractivity contribution is 5.93. The molecule has 1 aliphatic carbocycles. The van der Waals surface area contributed by atoms with Gasteiger partial charge in [0.2, 0.25) is 0 Å². The number of rotatable bonds is 4. The van der Waals surface area contributed by atoms with E-state index in [-0.39, 0.29) is 17.8 Å². The lowest BCUT2D eigenvalue weighted by Gasteiger charge is -2.36. The maximum Gasteiger partial charge on any atom is 0.132 e. The minimum atomic E-state index is -0.0105. The number of anilines is 1. The summed E-state index contributed by atoms with van der Waals surface area (Å²) in [6, 6.07) is 8.07. The first-order valence-corrected chi connectivity index (χ1v) is 9.89. The number of nitrogens with one attached hydrogen (secondary N) is 1. The molecule has 0 bridgehead atoms. The monoisotopic (exact) mass is 379 g/mol. The average molecular weight is 379 g/mol. The second kappa shape index (κ2) is 6.44. The fourth-order valence-corrected chi connectivity index (χ4v) is 3.83. The van der Waals surface area contributed by atoms with Gasteiger partial charge in [-0.05, 0) is 51.8 Å². The van der Waals surface area contributed by atoms with E-state index in [1.54, 1.807) is 6.33 Å². The molecule has 1 N–H and O–H groups in total. The molecule has 2 aromatic heterocycles. The predicted molar refractivity (Wildman–Crippen MR) is 108 cm³/mol. The number of morpholine rings is 1. The van der Waals surface area contributed by atoms with Crippen LogP contribution in [0.25, 0.3) is 22.3 Å². The normalized spacial score (nSPS) is 23.8. The lowest BCUT2D eigenvalue weighted by atomic mass is 10.1. The molecule has 1 aliphatic heterocycles. The second-order valence-electron chi connectivity index (χ2n) is 8.26. The van der Waals surface area contributed by atoms with Crippen molar-refractivity contribution in [2.24, 2.45) is 0 Å². The van der Waals surface area contributed by atoms with Crippen LogP contribution in [0.15, 0.2) is 30.6 Å². The molecule has 7 nitrogen and oxygen atoms in total. The van der Waals surface area contributed by atoms with E-state index in [2.05, 4.69) is 51.9 Å². The number of hydrogen-bond acceptors (Lipinski definition) is 6. The summed E-state index contributed by atoms with van der Waals surface area (Å²) in [5.74, 6) is 1.78. The zero-order valence-corrected chi connectivity index (χ0v) is 16.5. The summed E-state index contributed by atoms with van der Waals surface area (Å²) in [6.45, 7) is 7.97. The fraction of sp³-hybridized carbons (Fsp3) is 0.476. The number of aromatic amines is 1. The van der Waals surface area contributed by atoms with Crippen LogP contribution in [0.1, 0.15) is 33.6 Å². The summed E-state index contributed by atoms with van der Waals surface area (Å²) in [5, 5.41) is 8.64. The van der Waals surface area contributed by atoms with Crippen LogP contribution in [-0.2, 0) is 4.74 Å². The number of ether oxygens (including phenoxy) is 2. The first kappa shape index (κ1) is 17.4. The van der Waals surface area contributed by atoms with E-state index in [9.17, 15) is 0 Å². The lowest BCUT2D eigenvalue weighted by Crippen LogP contribution is -2.45. The van der Waals surface area contributed by atoms with E-state index in [4.69, 9.17) is 9.47 Å². The summed E-state index contributed by atoms with van der Waals surface area (Å²) >= 11 is 0. The van der Waals surface area contributed by atoms with Crippen LogP contribution >= 0.6 is 0 Å². The van der Waals surface area contributed by atoms with Gasteiger partial charge in [-0.15, -0.1) is 0 Å². The van der Waals surface area contributed by atoms with Crippen LogP contribution < -0.4 is 9.64 Å². The van der Waals surface area contributed by atoms with Gasteiger partial charge in [0.15, 0.2) is 0 Å². The molecule has 0 radical (unpaired) electrons. The third-order valence-electron chi connectivity index (χ3n) is 5.49. The van der Waals surface area contributed by atoms with Crippen LogP contribution in [0.2, 0.25) is 0 Å². The van der Waals surface area contributed by atoms with Crippen LogP contribution in [0.5, 0.6) is 5.75 Å². The molecule has 7 heteroatoms. The number of benzene rings is 1. The third-order valence-corrected chi connectivity index (χ3v) is 5.49. The van der Waals surface area contributed by atoms with E-state index in [0.717, 1.165) is 59.8 Å². The quantitative estimate of drug-likeness (QED) is 0.747. The highest BCUT2D eigenvalue weighted by atomic mass is 16.5. The van der Waals surface area contributed by atoms with Crippen molar-refractivity contribution in [3.05, 3.63) is 30.6 Å². The summed E-state index contributed by atoms with van der Waals surface area (Å²) in [5.41, 5.74) is 2.58. The molecule has 5 rings (SSSR count). The molecule has 0 amide bonds. The van der Waals surface area contributed by atoms with Crippen LogP contribution in [0.3, 0.4) is 0 Å². The van der Waals surface area contributed by atoms with Crippen molar-refractivity contribution >= 4 is 16.7 Å². The number of aromatic nitrogens is 4. The SMILES string of the molecule is CC1CN(c2cc(-c3n[nH]c4ccc(OC5(C)CC5)cc34)ncn2)CC(C)O1. The Morgan fingerprint density at radius 3 is 2.68 bits per heavy atom. The van der Waals surface area contributed by atoms with E-state index in [1.165, 1.54) is 0 Å². The van der Waals surface area contributed by atoms with Crippen LogP contribution in [0.4, 0.5) is 5.82 Å². The Hall–Kier alpha value is -2.67. The molecule has 0 spiro atoms.